The summed E-state index contributed by atoms with van der Waals surface area (Å²) in [6, 6.07) is 6.21. The van der Waals surface area contributed by atoms with Gasteiger partial charge in [-0.3, -0.25) is 4.79 Å². The van der Waals surface area contributed by atoms with Gasteiger partial charge >= 0.3 is 0 Å². The molecule has 1 aromatic carbocycles. The first-order valence-corrected chi connectivity index (χ1v) is 7.44. The Bertz CT molecular complexity index is 422. The zero-order valence-corrected chi connectivity index (χ0v) is 11.8. The summed E-state index contributed by atoms with van der Waals surface area (Å²) in [6.45, 7) is 1.49. The van der Waals surface area contributed by atoms with Crippen LogP contribution in [0.25, 0.3) is 0 Å². The van der Waals surface area contributed by atoms with Crippen molar-refractivity contribution in [3.05, 3.63) is 35.6 Å². The van der Waals surface area contributed by atoms with Crippen molar-refractivity contribution >= 4 is 21.8 Å². The summed E-state index contributed by atoms with van der Waals surface area (Å²) in [7, 11) is 0. The van der Waals surface area contributed by atoms with Gasteiger partial charge < -0.3 is 4.90 Å². The summed E-state index contributed by atoms with van der Waals surface area (Å²) in [6.07, 6.45) is 3.24. The second-order valence-corrected chi connectivity index (χ2v) is 5.51. The van der Waals surface area contributed by atoms with Crippen molar-refractivity contribution in [2.24, 2.45) is 5.92 Å². The quantitative estimate of drug-likeness (QED) is 0.783. The Kier molecular flexibility index (Phi) is 4.75. The fourth-order valence-electron chi connectivity index (χ4n) is 2.44. The van der Waals surface area contributed by atoms with Gasteiger partial charge in [0.25, 0.3) is 5.91 Å². The summed E-state index contributed by atoms with van der Waals surface area (Å²) in [5, 5.41) is 0.958. The standard InChI is InChI=1S/C14H17BrFNO/c15-8-7-11-4-3-9-17(10-11)14(18)12-5-1-2-6-13(12)16/h1-2,5-6,11H,3-4,7-10H2. The number of carbonyl (C=O) groups excluding carboxylic acids is 1. The summed E-state index contributed by atoms with van der Waals surface area (Å²) in [5.41, 5.74) is 0.192. The van der Waals surface area contributed by atoms with Crippen molar-refractivity contribution in [1.29, 1.82) is 0 Å². The highest BCUT2D eigenvalue weighted by Crippen LogP contribution is 2.22. The van der Waals surface area contributed by atoms with Crippen LogP contribution in [0, 0.1) is 11.7 Å². The number of likely N-dealkylation sites (tertiary alicyclic amines) is 1. The first kappa shape index (κ1) is 13.5. The van der Waals surface area contributed by atoms with Crippen molar-refractivity contribution in [2.45, 2.75) is 19.3 Å². The third-order valence-corrected chi connectivity index (χ3v) is 3.89. The molecule has 4 heteroatoms. The molecule has 1 amide bonds. The molecule has 1 aromatic rings. The Labute approximate surface area is 115 Å². The number of hydrogen-bond donors (Lipinski definition) is 0. The van der Waals surface area contributed by atoms with Crippen LogP contribution in [0.2, 0.25) is 0 Å². The van der Waals surface area contributed by atoms with Gasteiger partial charge in [-0.15, -0.1) is 0 Å². The molecular weight excluding hydrogens is 297 g/mol. The van der Waals surface area contributed by atoms with Crippen molar-refractivity contribution < 1.29 is 9.18 Å². The first-order chi connectivity index (χ1) is 8.72. The lowest BCUT2D eigenvalue weighted by atomic mass is 9.95. The topological polar surface area (TPSA) is 20.3 Å². The van der Waals surface area contributed by atoms with Crippen LogP contribution in [-0.4, -0.2) is 29.2 Å². The molecular formula is C14H17BrFNO. The Morgan fingerprint density at radius 2 is 2.22 bits per heavy atom. The summed E-state index contributed by atoms with van der Waals surface area (Å²) in [5.74, 6) is -0.0636. The van der Waals surface area contributed by atoms with E-state index in [1.54, 1.807) is 23.1 Å². The molecule has 0 radical (unpaired) electrons. The van der Waals surface area contributed by atoms with Gasteiger partial charge in [0, 0.05) is 18.4 Å². The van der Waals surface area contributed by atoms with Crippen LogP contribution in [0.1, 0.15) is 29.6 Å². The lowest BCUT2D eigenvalue weighted by Crippen LogP contribution is -2.40. The van der Waals surface area contributed by atoms with Crippen LogP contribution in [0.3, 0.4) is 0 Å². The molecule has 1 aliphatic heterocycles. The van der Waals surface area contributed by atoms with Gasteiger partial charge in [-0.25, -0.2) is 4.39 Å². The van der Waals surface area contributed by atoms with Crippen molar-refractivity contribution in [2.75, 3.05) is 18.4 Å². The first-order valence-electron chi connectivity index (χ1n) is 6.32. The van der Waals surface area contributed by atoms with Gasteiger partial charge in [0.1, 0.15) is 5.82 Å². The average Bonchev–Trinajstić information content (AvgIpc) is 2.39. The molecule has 18 heavy (non-hydrogen) atoms. The predicted octanol–water partition coefficient (Wildman–Crippen LogP) is 3.46. The molecule has 0 aliphatic carbocycles. The highest BCUT2D eigenvalue weighted by atomic mass is 79.9. The third-order valence-electron chi connectivity index (χ3n) is 3.43. The van der Waals surface area contributed by atoms with Crippen LogP contribution >= 0.6 is 15.9 Å². The molecule has 1 atom stereocenters. The molecule has 2 nitrogen and oxygen atoms in total. The number of benzene rings is 1. The zero-order valence-electron chi connectivity index (χ0n) is 10.2. The maximum absolute atomic E-state index is 13.6. The number of hydrogen-bond acceptors (Lipinski definition) is 1. The van der Waals surface area contributed by atoms with E-state index in [9.17, 15) is 9.18 Å². The fourth-order valence-corrected chi connectivity index (χ4v) is 3.09. The molecule has 0 saturated carbocycles. The number of halogens is 2. The largest absolute Gasteiger partial charge is 0.338 e. The van der Waals surface area contributed by atoms with Gasteiger partial charge in [-0.1, -0.05) is 28.1 Å². The molecule has 1 saturated heterocycles. The van der Waals surface area contributed by atoms with E-state index in [4.69, 9.17) is 0 Å². The van der Waals surface area contributed by atoms with Crippen LogP contribution in [0.4, 0.5) is 4.39 Å². The fraction of sp³-hybridized carbons (Fsp3) is 0.500. The number of carbonyl (C=O) groups is 1. The van der Waals surface area contributed by atoms with E-state index in [1.807, 2.05) is 0 Å². The van der Waals surface area contributed by atoms with E-state index in [2.05, 4.69) is 15.9 Å². The lowest BCUT2D eigenvalue weighted by molar-refractivity contribution is 0.0667. The van der Waals surface area contributed by atoms with Gasteiger partial charge in [0.05, 0.1) is 5.56 Å². The smallest absolute Gasteiger partial charge is 0.256 e. The average molecular weight is 314 g/mol. The number of rotatable bonds is 3. The molecule has 0 aromatic heterocycles. The minimum Gasteiger partial charge on any atom is -0.338 e. The molecule has 0 spiro atoms. The van der Waals surface area contributed by atoms with Crippen LogP contribution < -0.4 is 0 Å². The third kappa shape index (κ3) is 3.10. The van der Waals surface area contributed by atoms with E-state index in [0.717, 1.165) is 37.7 Å². The Morgan fingerprint density at radius 3 is 2.94 bits per heavy atom. The second kappa shape index (κ2) is 6.32. The molecule has 0 bridgehead atoms. The highest BCUT2D eigenvalue weighted by Gasteiger charge is 2.25. The van der Waals surface area contributed by atoms with E-state index in [1.165, 1.54) is 6.07 Å². The van der Waals surface area contributed by atoms with Crippen LogP contribution in [-0.2, 0) is 0 Å². The molecule has 98 valence electrons. The minimum absolute atomic E-state index is 0.174. The number of piperidine rings is 1. The molecule has 1 unspecified atom stereocenters. The Hall–Kier alpha value is -0.900. The van der Waals surface area contributed by atoms with Crippen LogP contribution in [0.15, 0.2) is 24.3 Å². The summed E-state index contributed by atoms with van der Waals surface area (Å²) in [4.78, 5) is 14.0. The maximum atomic E-state index is 13.6. The highest BCUT2D eigenvalue weighted by molar-refractivity contribution is 9.09. The molecule has 1 heterocycles. The monoisotopic (exact) mass is 313 g/mol. The molecule has 1 fully saturated rings. The number of amides is 1. The molecule has 0 N–H and O–H groups in total. The van der Waals surface area contributed by atoms with E-state index < -0.39 is 5.82 Å². The van der Waals surface area contributed by atoms with Crippen molar-refractivity contribution in [3.8, 4) is 0 Å². The van der Waals surface area contributed by atoms with Gasteiger partial charge in [0.15, 0.2) is 0 Å². The lowest BCUT2D eigenvalue weighted by Gasteiger charge is -2.32. The number of nitrogens with zero attached hydrogens (tertiary/aromatic N) is 1. The van der Waals surface area contributed by atoms with E-state index in [-0.39, 0.29) is 11.5 Å². The summed E-state index contributed by atoms with van der Waals surface area (Å²) < 4.78 is 13.6. The normalized spacial score (nSPS) is 19.9. The van der Waals surface area contributed by atoms with Gasteiger partial charge in [0.2, 0.25) is 0 Å². The van der Waals surface area contributed by atoms with Crippen LogP contribution in [0.5, 0.6) is 0 Å². The van der Waals surface area contributed by atoms with Crippen molar-refractivity contribution in [1.82, 2.24) is 4.90 Å². The Balaban J connectivity index is 2.07. The Morgan fingerprint density at radius 1 is 1.44 bits per heavy atom. The van der Waals surface area contributed by atoms with Gasteiger partial charge in [-0.05, 0) is 37.3 Å². The number of alkyl halides is 1. The zero-order chi connectivity index (χ0) is 13.0. The summed E-state index contributed by atoms with van der Waals surface area (Å²) >= 11 is 3.43. The van der Waals surface area contributed by atoms with Crippen molar-refractivity contribution in [3.63, 3.8) is 0 Å². The molecule has 1 aliphatic rings. The maximum Gasteiger partial charge on any atom is 0.256 e. The van der Waals surface area contributed by atoms with E-state index in [0.29, 0.717) is 5.92 Å². The van der Waals surface area contributed by atoms with E-state index >= 15 is 0 Å². The predicted molar refractivity (Wildman–Crippen MR) is 73.4 cm³/mol. The molecule has 2 rings (SSSR count). The minimum atomic E-state index is -0.426. The SMILES string of the molecule is O=C(c1ccccc1F)N1CCCC(CCBr)C1. The van der Waals surface area contributed by atoms with Gasteiger partial charge in [-0.2, -0.15) is 0 Å². The second-order valence-electron chi connectivity index (χ2n) is 4.72.